The van der Waals surface area contributed by atoms with Gasteiger partial charge in [-0.3, -0.25) is 0 Å². The summed E-state index contributed by atoms with van der Waals surface area (Å²) in [6.07, 6.45) is 1.50. The van der Waals surface area contributed by atoms with Gasteiger partial charge in [-0.1, -0.05) is 0 Å². The van der Waals surface area contributed by atoms with Crippen LogP contribution in [0.25, 0.3) is 0 Å². The van der Waals surface area contributed by atoms with Crippen molar-refractivity contribution >= 4 is 27.3 Å². The fourth-order valence-corrected chi connectivity index (χ4v) is 4.86. The number of methoxy groups -OCH3 is 1. The average molecular weight is 319 g/mol. The highest BCUT2D eigenvalue weighted by molar-refractivity contribution is 7.91. The van der Waals surface area contributed by atoms with Gasteiger partial charge in [0.05, 0.1) is 12.6 Å². The van der Waals surface area contributed by atoms with Gasteiger partial charge in [-0.15, -0.1) is 11.3 Å². The average Bonchev–Trinajstić information content (AvgIpc) is 2.96. The Morgan fingerprint density at radius 1 is 1.50 bits per heavy atom. The molecule has 1 N–H and O–H groups in total. The minimum atomic E-state index is -3.72. The van der Waals surface area contributed by atoms with E-state index in [1.54, 1.807) is 7.05 Å². The monoisotopic (exact) mass is 319 g/mol. The number of hydrogen-bond donors (Lipinski definition) is 1. The zero-order chi connectivity index (χ0) is 14.8. The van der Waals surface area contributed by atoms with Gasteiger partial charge in [0.1, 0.15) is 0 Å². The number of nitrogens with zero attached hydrogens (tertiary/aromatic N) is 2. The normalized spacial score (nSPS) is 17.4. The maximum absolute atomic E-state index is 12.6. The molecule has 0 saturated carbocycles. The van der Waals surface area contributed by atoms with E-state index in [1.807, 2.05) is 0 Å². The predicted molar refractivity (Wildman–Crippen MR) is 74.3 cm³/mol. The molecule has 9 heteroatoms. The Labute approximate surface area is 122 Å². The molecule has 1 saturated heterocycles. The van der Waals surface area contributed by atoms with E-state index < -0.39 is 16.0 Å². The largest absolute Gasteiger partial charge is 0.464 e. The number of sulfonamides is 1. The van der Waals surface area contributed by atoms with Gasteiger partial charge in [0, 0.05) is 13.1 Å². The molecule has 0 amide bonds. The Balaban J connectivity index is 2.30. The second-order valence-corrected chi connectivity index (χ2v) is 7.53. The van der Waals surface area contributed by atoms with Crippen LogP contribution in [0.5, 0.6) is 0 Å². The fraction of sp³-hybridized carbons (Fsp3) is 0.636. The lowest BCUT2D eigenvalue weighted by atomic mass is 10.1. The van der Waals surface area contributed by atoms with Crippen molar-refractivity contribution in [1.82, 2.24) is 14.6 Å². The Bertz CT molecular complexity index is 578. The van der Waals surface area contributed by atoms with E-state index in [4.69, 9.17) is 0 Å². The summed E-state index contributed by atoms with van der Waals surface area (Å²) < 4.78 is 31.1. The number of piperidine rings is 1. The van der Waals surface area contributed by atoms with E-state index in [0.29, 0.717) is 0 Å². The molecule has 112 valence electrons. The minimum Gasteiger partial charge on any atom is -0.464 e. The second kappa shape index (κ2) is 6.17. The van der Waals surface area contributed by atoms with Crippen LogP contribution in [-0.4, -0.2) is 57.0 Å². The Morgan fingerprint density at radius 3 is 2.75 bits per heavy atom. The van der Waals surface area contributed by atoms with E-state index in [9.17, 15) is 13.2 Å². The molecule has 7 nitrogen and oxygen atoms in total. The van der Waals surface area contributed by atoms with Crippen molar-refractivity contribution in [2.75, 3.05) is 27.2 Å². The van der Waals surface area contributed by atoms with Gasteiger partial charge in [0.15, 0.2) is 9.90 Å². The number of aromatic nitrogens is 1. The van der Waals surface area contributed by atoms with E-state index >= 15 is 0 Å². The molecule has 1 aromatic heterocycles. The summed E-state index contributed by atoms with van der Waals surface area (Å²) in [7, 11) is -0.970. The lowest BCUT2D eigenvalue weighted by Gasteiger charge is -2.30. The van der Waals surface area contributed by atoms with Crippen LogP contribution < -0.4 is 5.32 Å². The van der Waals surface area contributed by atoms with Gasteiger partial charge < -0.3 is 10.1 Å². The molecule has 0 spiro atoms. The first-order valence-corrected chi connectivity index (χ1v) is 8.51. The highest BCUT2D eigenvalue weighted by Gasteiger charge is 2.34. The molecule has 2 rings (SSSR count). The first-order chi connectivity index (χ1) is 9.48. The fourth-order valence-electron chi connectivity index (χ4n) is 2.15. The summed E-state index contributed by atoms with van der Waals surface area (Å²) in [5.41, 5.74) is 1.20. The Hall–Kier alpha value is -1.03. The third-order valence-electron chi connectivity index (χ3n) is 3.35. The zero-order valence-electron chi connectivity index (χ0n) is 11.3. The van der Waals surface area contributed by atoms with Gasteiger partial charge >= 0.3 is 5.97 Å². The van der Waals surface area contributed by atoms with Crippen LogP contribution in [0.3, 0.4) is 0 Å². The molecule has 1 aromatic rings. The molecule has 20 heavy (non-hydrogen) atoms. The van der Waals surface area contributed by atoms with Gasteiger partial charge in [-0.05, 0) is 25.9 Å². The molecule has 0 bridgehead atoms. The van der Waals surface area contributed by atoms with Crippen LogP contribution in [0.15, 0.2) is 9.72 Å². The van der Waals surface area contributed by atoms with Gasteiger partial charge in [-0.2, -0.15) is 4.31 Å². The van der Waals surface area contributed by atoms with E-state index in [1.165, 1.54) is 16.9 Å². The summed E-state index contributed by atoms with van der Waals surface area (Å²) in [4.78, 5) is 15.4. The van der Waals surface area contributed by atoms with E-state index in [0.717, 1.165) is 37.3 Å². The molecule has 0 aliphatic carbocycles. The van der Waals surface area contributed by atoms with Crippen molar-refractivity contribution in [3.05, 3.63) is 11.2 Å². The van der Waals surface area contributed by atoms with Gasteiger partial charge in [-0.25, -0.2) is 18.2 Å². The molecular weight excluding hydrogens is 302 g/mol. The van der Waals surface area contributed by atoms with Crippen LogP contribution in [0.1, 0.15) is 23.3 Å². The number of nitrogens with one attached hydrogen (secondary N) is 1. The molecular formula is C11H17N3O4S2. The molecule has 1 fully saturated rings. The third-order valence-corrected chi connectivity index (χ3v) is 6.61. The van der Waals surface area contributed by atoms with Crippen molar-refractivity contribution in [3.8, 4) is 0 Å². The molecule has 2 heterocycles. The third kappa shape index (κ3) is 2.85. The van der Waals surface area contributed by atoms with Crippen molar-refractivity contribution in [2.24, 2.45) is 0 Å². The molecule has 0 radical (unpaired) electrons. The number of carbonyl (C=O) groups is 1. The minimum absolute atomic E-state index is 0.0506. The van der Waals surface area contributed by atoms with Crippen LogP contribution in [0.2, 0.25) is 0 Å². The van der Waals surface area contributed by atoms with Crippen LogP contribution >= 0.6 is 11.3 Å². The molecule has 0 aromatic carbocycles. The number of esters is 1. The number of rotatable bonds is 4. The van der Waals surface area contributed by atoms with Crippen LogP contribution in [0, 0.1) is 0 Å². The molecule has 0 unspecified atom stereocenters. The molecule has 1 aliphatic rings. The summed E-state index contributed by atoms with van der Waals surface area (Å²) >= 11 is 0.935. The summed E-state index contributed by atoms with van der Waals surface area (Å²) in [5.74, 6) is -0.733. The van der Waals surface area contributed by atoms with Crippen LogP contribution in [0.4, 0.5) is 0 Å². The van der Waals surface area contributed by atoms with E-state index in [-0.39, 0.29) is 15.9 Å². The van der Waals surface area contributed by atoms with E-state index in [2.05, 4.69) is 15.0 Å². The Kier molecular flexibility index (Phi) is 4.74. The molecule has 1 aliphatic heterocycles. The second-order valence-electron chi connectivity index (χ2n) is 4.48. The van der Waals surface area contributed by atoms with Crippen molar-refractivity contribution in [2.45, 2.75) is 23.1 Å². The highest BCUT2D eigenvalue weighted by Crippen LogP contribution is 2.27. The van der Waals surface area contributed by atoms with Gasteiger partial charge in [0.2, 0.25) is 0 Å². The summed E-state index contributed by atoms with van der Waals surface area (Å²) in [5, 5.41) is 3.19. The SMILES string of the molecule is COC(=O)c1ncsc1S(=O)(=O)N(C)C1CCNCC1. The maximum atomic E-state index is 12.6. The first kappa shape index (κ1) is 15.4. The van der Waals surface area contributed by atoms with Crippen molar-refractivity contribution in [1.29, 1.82) is 0 Å². The lowest BCUT2D eigenvalue weighted by molar-refractivity contribution is 0.0590. The Morgan fingerprint density at radius 2 is 2.15 bits per heavy atom. The number of ether oxygens (including phenoxy) is 1. The quantitative estimate of drug-likeness (QED) is 0.803. The maximum Gasteiger partial charge on any atom is 0.358 e. The standard InChI is InChI=1S/C11H17N3O4S2/c1-14(8-3-5-12-6-4-8)20(16,17)11-9(10(15)18-2)13-7-19-11/h7-8,12H,3-6H2,1-2H3. The first-order valence-electron chi connectivity index (χ1n) is 6.19. The van der Waals surface area contributed by atoms with Crippen molar-refractivity contribution in [3.63, 3.8) is 0 Å². The summed E-state index contributed by atoms with van der Waals surface area (Å²) in [6.45, 7) is 1.58. The molecule has 0 atom stereocenters. The number of hydrogen-bond acceptors (Lipinski definition) is 7. The van der Waals surface area contributed by atoms with Gasteiger partial charge in [0.25, 0.3) is 10.0 Å². The van der Waals surface area contributed by atoms with Crippen LogP contribution in [-0.2, 0) is 14.8 Å². The topological polar surface area (TPSA) is 88.6 Å². The van der Waals surface area contributed by atoms with Crippen molar-refractivity contribution < 1.29 is 17.9 Å². The smallest absolute Gasteiger partial charge is 0.358 e. The number of thiazole rings is 1. The lowest BCUT2D eigenvalue weighted by Crippen LogP contribution is -2.43. The summed E-state index contributed by atoms with van der Waals surface area (Å²) in [6, 6.07) is -0.0613. The highest BCUT2D eigenvalue weighted by atomic mass is 32.2. The zero-order valence-corrected chi connectivity index (χ0v) is 13.0. The predicted octanol–water partition coefficient (Wildman–Crippen LogP) is 0.302. The number of carbonyl (C=O) groups excluding carboxylic acids is 1.